The molecule has 8 rings (SSSR count). The van der Waals surface area contributed by atoms with E-state index in [-0.39, 0.29) is 12.0 Å². The molecule has 2 unspecified atom stereocenters. The minimum absolute atomic E-state index is 0.179. The first-order valence-corrected chi connectivity index (χ1v) is 11.4. The van der Waals surface area contributed by atoms with E-state index in [1.54, 1.807) is 4.52 Å². The van der Waals surface area contributed by atoms with Crippen LogP contribution in [0.5, 0.6) is 0 Å². The average Bonchev–Trinajstić information content (AvgIpc) is 3.40. The second kappa shape index (κ2) is 6.72. The van der Waals surface area contributed by atoms with Gasteiger partial charge in [-0.15, -0.1) is 5.10 Å². The average molecular weight is 447 g/mol. The number of nitrogens with one attached hydrogen (secondary N) is 2. The van der Waals surface area contributed by atoms with E-state index < -0.39 is 17.7 Å². The third-order valence-electron chi connectivity index (χ3n) is 8.21. The molecule has 0 spiro atoms. The van der Waals surface area contributed by atoms with Gasteiger partial charge in [0.25, 0.3) is 0 Å². The molecule has 0 radical (unpaired) electrons. The molecule has 6 atom stereocenters. The van der Waals surface area contributed by atoms with Crippen molar-refractivity contribution in [2.24, 2.45) is 29.6 Å². The van der Waals surface area contributed by atoms with Crippen LogP contribution in [0.1, 0.15) is 25.7 Å². The highest BCUT2D eigenvalue weighted by Gasteiger charge is 2.59. The highest BCUT2D eigenvalue weighted by molar-refractivity contribution is 5.89. The topological polar surface area (TPSA) is 121 Å². The second-order valence-corrected chi connectivity index (χ2v) is 9.59. The highest BCUT2D eigenvalue weighted by atomic mass is 19.1. The molecule has 9 nitrogen and oxygen atoms in total. The highest BCUT2D eigenvalue weighted by Crippen LogP contribution is 2.60. The summed E-state index contributed by atoms with van der Waals surface area (Å²) in [6.45, 7) is 0. The molecule has 2 bridgehead atoms. The predicted molar refractivity (Wildman–Crippen MR) is 117 cm³/mol. The summed E-state index contributed by atoms with van der Waals surface area (Å²) in [7, 11) is 0. The fraction of sp³-hybridized carbons (Fsp3) is 0.435. The lowest BCUT2D eigenvalue weighted by molar-refractivity contribution is -0.160. The first-order valence-electron chi connectivity index (χ1n) is 11.4. The zero-order valence-electron chi connectivity index (χ0n) is 17.6. The van der Waals surface area contributed by atoms with Crippen molar-refractivity contribution in [3.63, 3.8) is 0 Å². The minimum Gasteiger partial charge on any atom is -0.481 e. The van der Waals surface area contributed by atoms with E-state index in [1.807, 2.05) is 18.3 Å². The molecule has 4 aliphatic carbocycles. The minimum atomic E-state index is -0.727. The number of rotatable bonds is 4. The van der Waals surface area contributed by atoms with E-state index in [2.05, 4.69) is 25.6 Å². The monoisotopic (exact) mass is 447 g/mol. The van der Waals surface area contributed by atoms with E-state index in [9.17, 15) is 14.3 Å². The molecular weight excluding hydrogens is 425 g/mol. The van der Waals surface area contributed by atoms with Gasteiger partial charge in [0.15, 0.2) is 11.5 Å². The van der Waals surface area contributed by atoms with E-state index in [1.165, 1.54) is 12.5 Å². The Bertz CT molecular complexity index is 1410. The summed E-state index contributed by atoms with van der Waals surface area (Å²) in [5.41, 5.74) is 1.61. The number of pyridine rings is 1. The quantitative estimate of drug-likeness (QED) is 0.439. The fourth-order valence-corrected chi connectivity index (χ4v) is 6.73. The number of H-pyrrole nitrogens is 1. The Labute approximate surface area is 187 Å². The maximum Gasteiger partial charge on any atom is 0.308 e. The van der Waals surface area contributed by atoms with Crippen LogP contribution in [0.2, 0.25) is 0 Å². The Balaban J connectivity index is 1.33. The van der Waals surface area contributed by atoms with Crippen molar-refractivity contribution in [2.45, 2.75) is 31.7 Å². The summed E-state index contributed by atoms with van der Waals surface area (Å²) in [6.07, 6.45) is 7.32. The zero-order valence-corrected chi connectivity index (χ0v) is 17.6. The van der Waals surface area contributed by atoms with Gasteiger partial charge in [-0.25, -0.2) is 18.9 Å². The van der Waals surface area contributed by atoms with Gasteiger partial charge in [0.2, 0.25) is 5.82 Å². The standard InChI is InChI=1S/C23H22FN7O2/c24-10-8-15-19(28-29-20(15)25-9-10)22-27-21(16-2-1-7-31(16)30-22)26-18-14-6-5-13(17(18)23(32)33)11-3-4-12(11)14/h1-2,7-9,11-14,17-18H,3-6H2,(H,32,33)(H,25,28,29)(H,26,27,30)/t11?,12?,13-,14+,17-,18-/m0/s1. The molecule has 0 amide bonds. The number of carboxylic acids is 1. The number of nitrogens with zero attached hydrogens (tertiary/aromatic N) is 5. The summed E-state index contributed by atoms with van der Waals surface area (Å²) in [6, 6.07) is 4.95. The van der Waals surface area contributed by atoms with Crippen LogP contribution in [0.25, 0.3) is 28.1 Å². The molecular formula is C23H22FN7O2. The number of aromatic nitrogens is 6. The maximum atomic E-state index is 13.9. The van der Waals surface area contributed by atoms with Crippen molar-refractivity contribution in [1.29, 1.82) is 0 Å². The molecule has 168 valence electrons. The fourth-order valence-electron chi connectivity index (χ4n) is 6.73. The lowest BCUT2D eigenvalue weighted by atomic mass is 9.46. The number of fused-ring (bicyclic) bond motifs is 4. The molecule has 4 heterocycles. The molecule has 4 fully saturated rings. The lowest BCUT2D eigenvalue weighted by Gasteiger charge is -2.60. The van der Waals surface area contributed by atoms with Crippen molar-refractivity contribution in [3.05, 3.63) is 36.4 Å². The number of hydrogen-bond acceptors (Lipinski definition) is 6. The summed E-state index contributed by atoms with van der Waals surface area (Å²) in [4.78, 5) is 21.1. The Morgan fingerprint density at radius 2 is 1.97 bits per heavy atom. The van der Waals surface area contributed by atoms with Crippen LogP contribution in [0, 0.1) is 35.4 Å². The third-order valence-corrected chi connectivity index (χ3v) is 8.21. The number of aliphatic carboxylic acids is 1. The molecule has 4 aromatic heterocycles. The molecule has 3 N–H and O–H groups in total. The molecule has 0 saturated heterocycles. The summed E-state index contributed by atoms with van der Waals surface area (Å²) < 4.78 is 15.6. The molecule has 4 aliphatic rings. The van der Waals surface area contributed by atoms with Gasteiger partial charge in [-0.1, -0.05) is 0 Å². The smallest absolute Gasteiger partial charge is 0.308 e. The molecule has 4 saturated carbocycles. The summed E-state index contributed by atoms with van der Waals surface area (Å²) in [5.74, 6) is 1.00. The normalized spacial score (nSPS) is 30.3. The van der Waals surface area contributed by atoms with Gasteiger partial charge in [-0.05, 0) is 67.6 Å². The Morgan fingerprint density at radius 1 is 1.18 bits per heavy atom. The number of anilines is 1. The first kappa shape index (κ1) is 19.0. The Morgan fingerprint density at radius 3 is 2.79 bits per heavy atom. The van der Waals surface area contributed by atoms with Crippen molar-refractivity contribution in [2.75, 3.05) is 5.32 Å². The number of aromatic amines is 1. The van der Waals surface area contributed by atoms with Crippen molar-refractivity contribution in [3.8, 4) is 11.5 Å². The van der Waals surface area contributed by atoms with Crippen LogP contribution in [0.15, 0.2) is 30.6 Å². The van der Waals surface area contributed by atoms with Crippen molar-refractivity contribution < 1.29 is 14.3 Å². The summed E-state index contributed by atoms with van der Waals surface area (Å²) in [5, 5.41) is 25.8. The molecule has 10 heteroatoms. The van der Waals surface area contributed by atoms with Gasteiger partial charge in [-0.2, -0.15) is 5.10 Å². The van der Waals surface area contributed by atoms with E-state index in [4.69, 9.17) is 4.98 Å². The molecule has 0 aliphatic heterocycles. The second-order valence-electron chi connectivity index (χ2n) is 9.59. The Hall–Kier alpha value is -3.56. The van der Waals surface area contributed by atoms with Gasteiger partial charge in [0.05, 0.1) is 17.5 Å². The van der Waals surface area contributed by atoms with Crippen LogP contribution < -0.4 is 5.32 Å². The van der Waals surface area contributed by atoms with E-state index in [0.29, 0.717) is 46.1 Å². The van der Waals surface area contributed by atoms with E-state index >= 15 is 0 Å². The predicted octanol–water partition coefficient (Wildman–Crippen LogP) is 3.35. The number of carboxylic acid groups (broad SMARTS) is 1. The molecule has 33 heavy (non-hydrogen) atoms. The molecule has 4 aromatic rings. The first-order chi connectivity index (χ1) is 16.1. The van der Waals surface area contributed by atoms with Gasteiger partial charge in [0, 0.05) is 12.2 Å². The SMILES string of the molecule is O=C(O)[C@@H]1[C@@H](Nc2nc(-c3[nH]nc4ncc(F)cc34)nn3cccc23)[C@@H]2CC[C@H]1C1CCC12. The van der Waals surface area contributed by atoms with Gasteiger partial charge < -0.3 is 10.4 Å². The van der Waals surface area contributed by atoms with Crippen LogP contribution >= 0.6 is 0 Å². The molecule has 0 aromatic carbocycles. The number of hydrogen-bond donors (Lipinski definition) is 3. The largest absolute Gasteiger partial charge is 0.481 e. The zero-order chi connectivity index (χ0) is 22.3. The van der Waals surface area contributed by atoms with Gasteiger partial charge >= 0.3 is 5.97 Å². The van der Waals surface area contributed by atoms with Crippen LogP contribution in [-0.4, -0.2) is 46.9 Å². The maximum absolute atomic E-state index is 13.9. The third kappa shape index (κ3) is 2.66. The lowest BCUT2D eigenvalue weighted by Crippen LogP contribution is -2.61. The summed E-state index contributed by atoms with van der Waals surface area (Å²) >= 11 is 0. The van der Waals surface area contributed by atoms with Crippen molar-refractivity contribution in [1.82, 2.24) is 29.8 Å². The van der Waals surface area contributed by atoms with Crippen LogP contribution in [0.3, 0.4) is 0 Å². The van der Waals surface area contributed by atoms with Crippen LogP contribution in [-0.2, 0) is 4.79 Å². The van der Waals surface area contributed by atoms with Gasteiger partial charge in [0.1, 0.15) is 17.0 Å². The number of carbonyl (C=O) groups is 1. The number of halogens is 1. The van der Waals surface area contributed by atoms with Crippen LogP contribution in [0.4, 0.5) is 10.2 Å². The van der Waals surface area contributed by atoms with Crippen molar-refractivity contribution >= 4 is 28.3 Å². The Kier molecular flexibility index (Phi) is 3.86. The van der Waals surface area contributed by atoms with E-state index in [0.717, 1.165) is 31.0 Å². The van der Waals surface area contributed by atoms with Gasteiger partial charge in [-0.3, -0.25) is 9.89 Å².